The Balaban J connectivity index is 2.57. The summed E-state index contributed by atoms with van der Waals surface area (Å²) in [7, 11) is 0. The summed E-state index contributed by atoms with van der Waals surface area (Å²) >= 11 is 0. The molecule has 1 heterocycles. The molecule has 1 aliphatic heterocycles. The van der Waals surface area contributed by atoms with Gasteiger partial charge in [-0.05, 0) is 12.8 Å². The second-order valence-electron chi connectivity index (χ2n) is 3.51. The van der Waals surface area contributed by atoms with Crippen molar-refractivity contribution in [1.82, 2.24) is 10.2 Å². The van der Waals surface area contributed by atoms with Crippen LogP contribution >= 0.6 is 0 Å². The first-order chi connectivity index (χ1) is 6.19. The standard InChI is InChI=1S/C9H18N2O2/c1-3-7-6-11(9(12)13)8(4-2)5-10-7/h7-8,10H,3-6H2,1-2H3,(H,12,13)/t7-,8+/m1/s1. The zero-order chi connectivity index (χ0) is 9.84. The fraction of sp³-hybridized carbons (Fsp3) is 0.889. The van der Waals surface area contributed by atoms with Gasteiger partial charge in [0.1, 0.15) is 0 Å². The van der Waals surface area contributed by atoms with Gasteiger partial charge in [0.2, 0.25) is 0 Å². The molecule has 2 atom stereocenters. The van der Waals surface area contributed by atoms with Gasteiger partial charge in [-0.25, -0.2) is 4.79 Å². The summed E-state index contributed by atoms with van der Waals surface area (Å²) in [6.07, 6.45) is 1.09. The van der Waals surface area contributed by atoms with Crippen molar-refractivity contribution in [3.63, 3.8) is 0 Å². The highest BCUT2D eigenvalue weighted by atomic mass is 16.4. The van der Waals surface area contributed by atoms with Crippen LogP contribution in [0.3, 0.4) is 0 Å². The Kier molecular flexibility index (Phi) is 3.54. The normalized spacial score (nSPS) is 28.9. The molecule has 0 aromatic heterocycles. The summed E-state index contributed by atoms with van der Waals surface area (Å²) < 4.78 is 0. The zero-order valence-electron chi connectivity index (χ0n) is 8.29. The molecule has 0 aromatic rings. The molecule has 2 N–H and O–H groups in total. The van der Waals surface area contributed by atoms with Gasteiger partial charge < -0.3 is 15.3 Å². The van der Waals surface area contributed by atoms with Crippen molar-refractivity contribution >= 4 is 6.09 Å². The summed E-state index contributed by atoms with van der Waals surface area (Å²) in [6.45, 7) is 5.52. The third kappa shape index (κ3) is 2.34. The molecule has 13 heavy (non-hydrogen) atoms. The van der Waals surface area contributed by atoms with E-state index in [0.717, 1.165) is 19.4 Å². The topological polar surface area (TPSA) is 52.6 Å². The number of nitrogens with zero attached hydrogens (tertiary/aromatic N) is 1. The van der Waals surface area contributed by atoms with Crippen molar-refractivity contribution in [2.24, 2.45) is 0 Å². The van der Waals surface area contributed by atoms with Gasteiger partial charge in [-0.1, -0.05) is 13.8 Å². The highest BCUT2D eigenvalue weighted by Gasteiger charge is 2.28. The Morgan fingerprint density at radius 3 is 2.69 bits per heavy atom. The lowest BCUT2D eigenvalue weighted by Gasteiger charge is -2.38. The fourth-order valence-corrected chi connectivity index (χ4v) is 1.74. The second kappa shape index (κ2) is 4.46. The first-order valence-electron chi connectivity index (χ1n) is 4.92. The van der Waals surface area contributed by atoms with Crippen LogP contribution in [0.1, 0.15) is 26.7 Å². The molecule has 1 aliphatic rings. The number of amides is 1. The number of rotatable bonds is 2. The van der Waals surface area contributed by atoms with Crippen LogP contribution in [0.4, 0.5) is 4.79 Å². The van der Waals surface area contributed by atoms with E-state index in [0.29, 0.717) is 12.6 Å². The van der Waals surface area contributed by atoms with Crippen LogP contribution in [0.15, 0.2) is 0 Å². The first-order valence-corrected chi connectivity index (χ1v) is 4.92. The van der Waals surface area contributed by atoms with E-state index in [1.165, 1.54) is 0 Å². The van der Waals surface area contributed by atoms with Crippen LogP contribution in [0.2, 0.25) is 0 Å². The number of carboxylic acid groups (broad SMARTS) is 1. The molecular formula is C9H18N2O2. The van der Waals surface area contributed by atoms with E-state index in [4.69, 9.17) is 5.11 Å². The predicted octanol–water partition coefficient (Wildman–Crippen LogP) is 1.13. The van der Waals surface area contributed by atoms with E-state index >= 15 is 0 Å². The van der Waals surface area contributed by atoms with Gasteiger partial charge in [0.25, 0.3) is 0 Å². The smallest absolute Gasteiger partial charge is 0.407 e. The Morgan fingerprint density at radius 1 is 1.54 bits per heavy atom. The predicted molar refractivity (Wildman–Crippen MR) is 50.9 cm³/mol. The highest BCUT2D eigenvalue weighted by Crippen LogP contribution is 2.11. The first kappa shape index (κ1) is 10.3. The number of carbonyl (C=O) groups is 1. The summed E-state index contributed by atoms with van der Waals surface area (Å²) in [5, 5.41) is 12.3. The van der Waals surface area contributed by atoms with Crippen molar-refractivity contribution < 1.29 is 9.90 Å². The molecule has 0 bridgehead atoms. The van der Waals surface area contributed by atoms with E-state index in [-0.39, 0.29) is 6.04 Å². The molecule has 1 saturated heterocycles. The zero-order valence-corrected chi connectivity index (χ0v) is 8.29. The molecular weight excluding hydrogens is 168 g/mol. The molecule has 0 unspecified atom stereocenters. The number of nitrogens with one attached hydrogen (secondary N) is 1. The molecule has 0 aromatic carbocycles. The van der Waals surface area contributed by atoms with Gasteiger partial charge in [-0.15, -0.1) is 0 Å². The molecule has 1 fully saturated rings. The summed E-state index contributed by atoms with van der Waals surface area (Å²) in [4.78, 5) is 12.4. The summed E-state index contributed by atoms with van der Waals surface area (Å²) in [6, 6.07) is 0.485. The van der Waals surface area contributed by atoms with E-state index in [9.17, 15) is 4.79 Å². The van der Waals surface area contributed by atoms with Crippen LogP contribution in [-0.2, 0) is 0 Å². The van der Waals surface area contributed by atoms with Crippen molar-refractivity contribution in [2.75, 3.05) is 13.1 Å². The lowest BCUT2D eigenvalue weighted by molar-refractivity contribution is 0.0964. The molecule has 0 spiro atoms. The van der Waals surface area contributed by atoms with E-state index in [1.54, 1.807) is 4.90 Å². The Bertz CT molecular complexity index is 184. The molecule has 0 aliphatic carbocycles. The highest BCUT2D eigenvalue weighted by molar-refractivity contribution is 5.65. The van der Waals surface area contributed by atoms with E-state index < -0.39 is 6.09 Å². The van der Waals surface area contributed by atoms with Crippen molar-refractivity contribution in [3.8, 4) is 0 Å². The minimum absolute atomic E-state index is 0.153. The molecule has 4 nitrogen and oxygen atoms in total. The minimum atomic E-state index is -0.785. The van der Waals surface area contributed by atoms with Crippen molar-refractivity contribution in [3.05, 3.63) is 0 Å². The van der Waals surface area contributed by atoms with Gasteiger partial charge in [-0.3, -0.25) is 0 Å². The third-order valence-electron chi connectivity index (χ3n) is 2.71. The summed E-state index contributed by atoms with van der Waals surface area (Å²) in [5.74, 6) is 0. The van der Waals surface area contributed by atoms with Crippen LogP contribution in [0.5, 0.6) is 0 Å². The van der Waals surface area contributed by atoms with E-state index in [2.05, 4.69) is 12.2 Å². The monoisotopic (exact) mass is 186 g/mol. The molecule has 4 heteroatoms. The second-order valence-corrected chi connectivity index (χ2v) is 3.51. The number of hydrogen-bond acceptors (Lipinski definition) is 2. The number of hydrogen-bond donors (Lipinski definition) is 2. The van der Waals surface area contributed by atoms with Gasteiger partial charge in [0.15, 0.2) is 0 Å². The van der Waals surface area contributed by atoms with Crippen molar-refractivity contribution in [1.29, 1.82) is 0 Å². The maximum Gasteiger partial charge on any atom is 0.407 e. The minimum Gasteiger partial charge on any atom is -0.465 e. The average Bonchev–Trinajstić information content (AvgIpc) is 2.16. The maximum atomic E-state index is 10.9. The van der Waals surface area contributed by atoms with Crippen LogP contribution in [-0.4, -0.2) is 41.3 Å². The summed E-state index contributed by atoms with van der Waals surface area (Å²) in [5.41, 5.74) is 0. The molecule has 1 rings (SSSR count). The maximum absolute atomic E-state index is 10.9. The van der Waals surface area contributed by atoms with Gasteiger partial charge in [0, 0.05) is 25.2 Å². The third-order valence-corrected chi connectivity index (χ3v) is 2.71. The molecule has 1 amide bonds. The van der Waals surface area contributed by atoms with Crippen LogP contribution in [0.25, 0.3) is 0 Å². The lowest BCUT2D eigenvalue weighted by Crippen LogP contribution is -2.57. The van der Waals surface area contributed by atoms with E-state index in [1.807, 2.05) is 6.92 Å². The molecule has 0 saturated carbocycles. The average molecular weight is 186 g/mol. The Labute approximate surface area is 78.9 Å². The largest absolute Gasteiger partial charge is 0.465 e. The quantitative estimate of drug-likeness (QED) is 0.679. The van der Waals surface area contributed by atoms with Gasteiger partial charge in [0.05, 0.1) is 0 Å². The Hall–Kier alpha value is -0.770. The molecule has 0 radical (unpaired) electrons. The lowest BCUT2D eigenvalue weighted by atomic mass is 10.1. The van der Waals surface area contributed by atoms with Crippen molar-refractivity contribution in [2.45, 2.75) is 38.8 Å². The van der Waals surface area contributed by atoms with Gasteiger partial charge >= 0.3 is 6.09 Å². The fourth-order valence-electron chi connectivity index (χ4n) is 1.74. The Morgan fingerprint density at radius 2 is 2.23 bits per heavy atom. The van der Waals surface area contributed by atoms with Crippen LogP contribution < -0.4 is 5.32 Å². The van der Waals surface area contributed by atoms with Gasteiger partial charge in [-0.2, -0.15) is 0 Å². The van der Waals surface area contributed by atoms with Crippen LogP contribution in [0, 0.1) is 0 Å². The SMILES string of the molecule is CC[C@@H]1CN(C(=O)O)[C@@H](CC)CN1. The number of piperazine rings is 1. The molecule has 76 valence electrons.